The summed E-state index contributed by atoms with van der Waals surface area (Å²) in [6.45, 7) is 5.98. The van der Waals surface area contributed by atoms with Crippen molar-refractivity contribution < 1.29 is 4.79 Å². The lowest BCUT2D eigenvalue weighted by molar-refractivity contribution is -0.120. The van der Waals surface area contributed by atoms with E-state index < -0.39 is 6.04 Å². The Hall–Kier alpha value is -1.36. The normalized spacial score (nSPS) is 13.1. The molecule has 5 nitrogen and oxygen atoms in total. The van der Waals surface area contributed by atoms with Gasteiger partial charge in [0.15, 0.2) is 0 Å². The number of aryl methyl sites for hydroxylation is 2. The van der Waals surface area contributed by atoms with Crippen molar-refractivity contribution in [3.8, 4) is 0 Å². The fraction of sp³-hybridized carbons (Fsp3) is 0.636. The van der Waals surface area contributed by atoms with E-state index >= 15 is 0 Å². The van der Waals surface area contributed by atoms with Gasteiger partial charge in [0.25, 0.3) is 0 Å². The van der Waals surface area contributed by atoms with Gasteiger partial charge >= 0.3 is 0 Å². The molecule has 1 aromatic heterocycles. The third-order valence-electron chi connectivity index (χ3n) is 2.37. The SMILES string of the molecule is CCc1nn(C)cc1C(NC(C)C)C(N)=O. The highest BCUT2D eigenvalue weighted by molar-refractivity contribution is 5.81. The summed E-state index contributed by atoms with van der Waals surface area (Å²) in [6.07, 6.45) is 2.64. The van der Waals surface area contributed by atoms with Crippen molar-refractivity contribution >= 4 is 5.91 Å². The molecular weight excluding hydrogens is 204 g/mol. The molecule has 1 rings (SSSR count). The molecule has 90 valence electrons. The Kier molecular flexibility index (Phi) is 4.06. The number of amides is 1. The highest BCUT2D eigenvalue weighted by atomic mass is 16.1. The van der Waals surface area contributed by atoms with Gasteiger partial charge in [0.2, 0.25) is 5.91 Å². The van der Waals surface area contributed by atoms with Gasteiger partial charge in [-0.25, -0.2) is 0 Å². The van der Waals surface area contributed by atoms with Crippen LogP contribution in [0.3, 0.4) is 0 Å². The van der Waals surface area contributed by atoms with E-state index in [2.05, 4.69) is 10.4 Å². The second-order valence-electron chi connectivity index (χ2n) is 4.22. The average molecular weight is 224 g/mol. The Bertz CT molecular complexity index is 370. The van der Waals surface area contributed by atoms with Crippen molar-refractivity contribution in [2.45, 2.75) is 39.3 Å². The van der Waals surface area contributed by atoms with E-state index in [0.29, 0.717) is 0 Å². The number of nitrogens with one attached hydrogen (secondary N) is 1. The number of nitrogens with two attached hydrogens (primary N) is 1. The smallest absolute Gasteiger partial charge is 0.239 e. The zero-order valence-electron chi connectivity index (χ0n) is 10.3. The number of hydrogen-bond donors (Lipinski definition) is 2. The first-order valence-corrected chi connectivity index (χ1v) is 5.53. The molecule has 16 heavy (non-hydrogen) atoms. The van der Waals surface area contributed by atoms with Gasteiger partial charge in [-0.3, -0.25) is 14.8 Å². The van der Waals surface area contributed by atoms with Crippen LogP contribution < -0.4 is 11.1 Å². The van der Waals surface area contributed by atoms with E-state index in [4.69, 9.17) is 5.73 Å². The molecular formula is C11H20N4O. The summed E-state index contributed by atoms with van der Waals surface area (Å²) in [4.78, 5) is 11.4. The maximum Gasteiger partial charge on any atom is 0.239 e. The van der Waals surface area contributed by atoms with Gasteiger partial charge in [-0.05, 0) is 20.3 Å². The molecule has 0 saturated heterocycles. The lowest BCUT2D eigenvalue weighted by Gasteiger charge is -2.17. The van der Waals surface area contributed by atoms with E-state index in [-0.39, 0.29) is 11.9 Å². The predicted molar refractivity (Wildman–Crippen MR) is 62.8 cm³/mol. The zero-order valence-corrected chi connectivity index (χ0v) is 10.3. The Balaban J connectivity index is 3.04. The van der Waals surface area contributed by atoms with E-state index in [9.17, 15) is 4.79 Å². The van der Waals surface area contributed by atoms with Crippen molar-refractivity contribution in [1.82, 2.24) is 15.1 Å². The molecule has 1 aromatic rings. The average Bonchev–Trinajstić information content (AvgIpc) is 2.55. The minimum Gasteiger partial charge on any atom is -0.368 e. The van der Waals surface area contributed by atoms with Crippen LogP contribution in [0, 0.1) is 0 Å². The first-order valence-electron chi connectivity index (χ1n) is 5.53. The Morgan fingerprint density at radius 3 is 2.69 bits per heavy atom. The van der Waals surface area contributed by atoms with Crippen LogP contribution in [-0.2, 0) is 18.3 Å². The number of rotatable bonds is 5. The maximum absolute atomic E-state index is 11.4. The van der Waals surface area contributed by atoms with Gasteiger partial charge in [-0.1, -0.05) is 6.92 Å². The lowest BCUT2D eigenvalue weighted by atomic mass is 10.1. The third-order valence-corrected chi connectivity index (χ3v) is 2.37. The molecule has 0 saturated carbocycles. The lowest BCUT2D eigenvalue weighted by Crippen LogP contribution is -2.37. The van der Waals surface area contributed by atoms with Crippen LogP contribution in [0.5, 0.6) is 0 Å². The molecule has 0 spiro atoms. The second-order valence-corrected chi connectivity index (χ2v) is 4.22. The first kappa shape index (κ1) is 12.7. The fourth-order valence-corrected chi connectivity index (χ4v) is 1.73. The second kappa shape index (κ2) is 5.12. The van der Waals surface area contributed by atoms with Gasteiger partial charge in [0, 0.05) is 24.8 Å². The van der Waals surface area contributed by atoms with Crippen LogP contribution in [-0.4, -0.2) is 21.7 Å². The molecule has 5 heteroatoms. The van der Waals surface area contributed by atoms with Crippen LogP contribution in [0.4, 0.5) is 0 Å². The minimum absolute atomic E-state index is 0.197. The summed E-state index contributed by atoms with van der Waals surface area (Å²) in [5, 5.41) is 7.46. The topological polar surface area (TPSA) is 72.9 Å². The van der Waals surface area contributed by atoms with Crippen LogP contribution in [0.25, 0.3) is 0 Å². The molecule has 1 heterocycles. The summed E-state index contributed by atoms with van der Waals surface area (Å²) >= 11 is 0. The number of primary amides is 1. The molecule has 0 aliphatic heterocycles. The van der Waals surface area contributed by atoms with E-state index in [1.54, 1.807) is 4.68 Å². The summed E-state index contributed by atoms with van der Waals surface area (Å²) in [5.74, 6) is -0.364. The molecule has 0 radical (unpaired) electrons. The number of nitrogens with zero attached hydrogens (tertiary/aromatic N) is 2. The standard InChI is InChI=1S/C11H20N4O/c1-5-9-8(6-15(4)14-9)10(11(12)16)13-7(2)3/h6-7,10,13H,5H2,1-4H3,(H2,12,16). The molecule has 1 unspecified atom stereocenters. The summed E-state index contributed by atoms with van der Waals surface area (Å²) in [7, 11) is 1.84. The van der Waals surface area contributed by atoms with Crippen LogP contribution >= 0.6 is 0 Å². The number of carbonyl (C=O) groups is 1. The highest BCUT2D eigenvalue weighted by Crippen LogP contribution is 2.17. The van der Waals surface area contributed by atoms with Gasteiger partial charge in [0.05, 0.1) is 5.69 Å². The van der Waals surface area contributed by atoms with Crippen LogP contribution in [0.1, 0.15) is 38.1 Å². The number of hydrogen-bond acceptors (Lipinski definition) is 3. The van der Waals surface area contributed by atoms with E-state index in [1.165, 1.54) is 0 Å². The minimum atomic E-state index is -0.455. The predicted octanol–water partition coefficient (Wildman–Crippen LogP) is 0.507. The molecule has 0 aliphatic carbocycles. The van der Waals surface area contributed by atoms with Crippen molar-refractivity contribution in [2.24, 2.45) is 12.8 Å². The Morgan fingerprint density at radius 2 is 2.25 bits per heavy atom. The van der Waals surface area contributed by atoms with Crippen LogP contribution in [0.2, 0.25) is 0 Å². The van der Waals surface area contributed by atoms with Crippen molar-refractivity contribution in [2.75, 3.05) is 0 Å². The fourth-order valence-electron chi connectivity index (χ4n) is 1.73. The van der Waals surface area contributed by atoms with Crippen molar-refractivity contribution in [3.63, 3.8) is 0 Å². The summed E-state index contributed by atoms with van der Waals surface area (Å²) < 4.78 is 1.71. The highest BCUT2D eigenvalue weighted by Gasteiger charge is 2.23. The summed E-state index contributed by atoms with van der Waals surface area (Å²) in [6, 6.07) is -0.258. The van der Waals surface area contributed by atoms with E-state index in [1.807, 2.05) is 34.0 Å². The molecule has 0 bridgehead atoms. The molecule has 0 aliphatic rings. The summed E-state index contributed by atoms with van der Waals surface area (Å²) in [5.41, 5.74) is 7.21. The van der Waals surface area contributed by atoms with Crippen molar-refractivity contribution in [1.29, 1.82) is 0 Å². The van der Waals surface area contributed by atoms with E-state index in [0.717, 1.165) is 17.7 Å². The monoisotopic (exact) mass is 224 g/mol. The molecule has 3 N–H and O–H groups in total. The Labute approximate surface area is 96.0 Å². The third kappa shape index (κ3) is 2.82. The van der Waals surface area contributed by atoms with Gasteiger partial charge in [-0.2, -0.15) is 5.10 Å². The van der Waals surface area contributed by atoms with Gasteiger partial charge in [0.1, 0.15) is 6.04 Å². The van der Waals surface area contributed by atoms with Gasteiger partial charge < -0.3 is 5.73 Å². The number of carbonyl (C=O) groups excluding carboxylic acids is 1. The molecule has 1 amide bonds. The molecule has 0 aromatic carbocycles. The zero-order chi connectivity index (χ0) is 12.3. The largest absolute Gasteiger partial charge is 0.368 e. The first-order chi connectivity index (χ1) is 7.45. The van der Waals surface area contributed by atoms with Crippen molar-refractivity contribution in [3.05, 3.63) is 17.5 Å². The number of aromatic nitrogens is 2. The van der Waals surface area contributed by atoms with Crippen LogP contribution in [0.15, 0.2) is 6.20 Å². The quantitative estimate of drug-likeness (QED) is 0.765. The van der Waals surface area contributed by atoms with Gasteiger partial charge in [-0.15, -0.1) is 0 Å². The molecule has 1 atom stereocenters. The molecule has 0 fully saturated rings. The maximum atomic E-state index is 11.4. The Morgan fingerprint density at radius 1 is 1.62 bits per heavy atom.